The Morgan fingerprint density at radius 1 is 1.50 bits per heavy atom. The maximum Gasteiger partial charge on any atom is 0.211 e. The summed E-state index contributed by atoms with van der Waals surface area (Å²) in [7, 11) is -3.01. The number of hydrogen-bond donors (Lipinski definition) is 2. The Morgan fingerprint density at radius 2 is 2.22 bits per heavy atom. The Hall–Kier alpha value is -0.920. The predicted molar refractivity (Wildman–Crippen MR) is 69.7 cm³/mol. The molecule has 0 atom stereocenters. The van der Waals surface area contributed by atoms with Gasteiger partial charge in [0, 0.05) is 44.0 Å². The lowest BCUT2D eigenvalue weighted by Gasteiger charge is -2.30. The van der Waals surface area contributed by atoms with Crippen LogP contribution < -0.4 is 5.32 Å². The summed E-state index contributed by atoms with van der Waals surface area (Å²) in [5, 5.41) is 3.46. The first-order chi connectivity index (χ1) is 8.55. The van der Waals surface area contributed by atoms with Crippen LogP contribution in [0.5, 0.6) is 0 Å². The van der Waals surface area contributed by atoms with Gasteiger partial charge in [-0.15, -0.1) is 0 Å². The van der Waals surface area contributed by atoms with Crippen LogP contribution in [0.2, 0.25) is 0 Å². The molecule has 2 heterocycles. The van der Waals surface area contributed by atoms with Crippen molar-refractivity contribution in [1.29, 1.82) is 0 Å². The van der Waals surface area contributed by atoms with E-state index in [4.69, 9.17) is 0 Å². The fraction of sp³-hybridized carbons (Fsp3) is 0.727. The second kappa shape index (κ2) is 5.81. The van der Waals surface area contributed by atoms with Crippen LogP contribution in [-0.4, -0.2) is 54.6 Å². The number of piperidine rings is 1. The Kier molecular flexibility index (Phi) is 4.36. The van der Waals surface area contributed by atoms with Gasteiger partial charge in [0.15, 0.2) is 0 Å². The van der Waals surface area contributed by atoms with Crippen molar-refractivity contribution in [1.82, 2.24) is 19.6 Å². The van der Waals surface area contributed by atoms with Crippen LogP contribution in [0.15, 0.2) is 12.5 Å². The highest BCUT2D eigenvalue weighted by Crippen LogP contribution is 2.13. The minimum atomic E-state index is -3.01. The molecular weight excluding hydrogens is 252 g/mol. The first-order valence-corrected chi connectivity index (χ1v) is 8.06. The quantitative estimate of drug-likeness (QED) is 0.789. The van der Waals surface area contributed by atoms with Gasteiger partial charge in [-0.2, -0.15) is 0 Å². The summed E-state index contributed by atoms with van der Waals surface area (Å²) in [5.74, 6) is 0. The zero-order valence-corrected chi connectivity index (χ0v) is 11.4. The SMILES string of the molecule is CS(=O)(=O)N1CCC(NCCc2cnc[nH]2)CC1. The molecule has 102 valence electrons. The molecule has 7 heteroatoms. The van der Waals surface area contributed by atoms with E-state index in [1.54, 1.807) is 10.6 Å². The maximum atomic E-state index is 11.4. The maximum absolute atomic E-state index is 11.4. The summed E-state index contributed by atoms with van der Waals surface area (Å²) in [4.78, 5) is 7.03. The van der Waals surface area contributed by atoms with Gasteiger partial charge < -0.3 is 10.3 Å². The number of aromatic nitrogens is 2. The fourth-order valence-corrected chi connectivity index (χ4v) is 3.10. The second-order valence-corrected chi connectivity index (χ2v) is 6.70. The summed E-state index contributed by atoms with van der Waals surface area (Å²) < 4.78 is 24.3. The van der Waals surface area contributed by atoms with Gasteiger partial charge in [0.1, 0.15) is 0 Å². The number of rotatable bonds is 5. The third-order valence-electron chi connectivity index (χ3n) is 3.31. The van der Waals surface area contributed by atoms with E-state index < -0.39 is 10.0 Å². The van der Waals surface area contributed by atoms with Gasteiger partial charge in [-0.05, 0) is 12.8 Å². The summed E-state index contributed by atoms with van der Waals surface area (Å²) in [6.45, 7) is 2.15. The molecule has 0 saturated carbocycles. The number of nitrogens with one attached hydrogen (secondary N) is 2. The van der Waals surface area contributed by atoms with Gasteiger partial charge >= 0.3 is 0 Å². The molecule has 0 aliphatic carbocycles. The Morgan fingerprint density at radius 3 is 2.78 bits per heavy atom. The van der Waals surface area contributed by atoms with Crippen molar-refractivity contribution in [2.45, 2.75) is 25.3 Å². The zero-order valence-electron chi connectivity index (χ0n) is 10.6. The van der Waals surface area contributed by atoms with Crippen LogP contribution in [0.3, 0.4) is 0 Å². The van der Waals surface area contributed by atoms with Crippen molar-refractivity contribution < 1.29 is 8.42 Å². The van der Waals surface area contributed by atoms with E-state index in [1.807, 2.05) is 6.20 Å². The molecule has 0 radical (unpaired) electrons. The van der Waals surface area contributed by atoms with E-state index in [0.29, 0.717) is 19.1 Å². The monoisotopic (exact) mass is 272 g/mol. The largest absolute Gasteiger partial charge is 0.348 e. The van der Waals surface area contributed by atoms with Crippen molar-refractivity contribution in [3.63, 3.8) is 0 Å². The number of imidazole rings is 1. The number of hydrogen-bond acceptors (Lipinski definition) is 4. The molecule has 1 aromatic heterocycles. The highest BCUT2D eigenvalue weighted by atomic mass is 32.2. The van der Waals surface area contributed by atoms with Crippen LogP contribution in [0.1, 0.15) is 18.5 Å². The molecule has 18 heavy (non-hydrogen) atoms. The Bertz CT molecular complexity index is 449. The molecular formula is C11H20N4O2S. The van der Waals surface area contributed by atoms with Gasteiger partial charge in [0.2, 0.25) is 10.0 Å². The summed E-state index contributed by atoms with van der Waals surface area (Å²) in [5.41, 5.74) is 1.12. The van der Waals surface area contributed by atoms with Crippen molar-refractivity contribution in [2.75, 3.05) is 25.9 Å². The van der Waals surface area contributed by atoms with Crippen molar-refractivity contribution >= 4 is 10.0 Å². The lowest BCUT2D eigenvalue weighted by molar-refractivity contribution is 0.292. The summed E-state index contributed by atoms with van der Waals surface area (Å²) in [6.07, 6.45) is 7.48. The summed E-state index contributed by atoms with van der Waals surface area (Å²) in [6, 6.07) is 0.422. The van der Waals surface area contributed by atoms with Crippen molar-refractivity contribution in [3.8, 4) is 0 Å². The molecule has 1 aliphatic heterocycles. The highest BCUT2D eigenvalue weighted by molar-refractivity contribution is 7.88. The molecule has 0 unspecified atom stereocenters. The second-order valence-electron chi connectivity index (χ2n) is 4.72. The standard InChI is InChI=1S/C11H20N4O2S/c1-18(16,17)15-6-3-10(4-7-15)13-5-2-11-8-12-9-14-11/h8-10,13H,2-7H2,1H3,(H,12,14). The normalized spacial score (nSPS) is 19.2. The fourth-order valence-electron chi connectivity index (χ4n) is 2.22. The van der Waals surface area contributed by atoms with E-state index in [1.165, 1.54) is 6.26 Å². The molecule has 1 aromatic rings. The highest BCUT2D eigenvalue weighted by Gasteiger charge is 2.24. The van der Waals surface area contributed by atoms with E-state index in [2.05, 4.69) is 15.3 Å². The average molecular weight is 272 g/mol. The number of nitrogens with zero attached hydrogens (tertiary/aromatic N) is 2. The van der Waals surface area contributed by atoms with Crippen LogP contribution in [0.4, 0.5) is 0 Å². The lowest BCUT2D eigenvalue weighted by atomic mass is 10.1. The Labute approximate surface area is 108 Å². The molecule has 1 saturated heterocycles. The van der Waals surface area contributed by atoms with Gasteiger partial charge in [-0.25, -0.2) is 17.7 Å². The molecule has 0 spiro atoms. The Balaban J connectivity index is 1.68. The molecule has 0 amide bonds. The predicted octanol–water partition coefficient (Wildman–Crippen LogP) is -0.0342. The minimum Gasteiger partial charge on any atom is -0.348 e. The van der Waals surface area contributed by atoms with E-state index in [0.717, 1.165) is 31.5 Å². The van der Waals surface area contributed by atoms with Gasteiger partial charge in [0.05, 0.1) is 12.6 Å². The van der Waals surface area contributed by atoms with Crippen LogP contribution in [0.25, 0.3) is 0 Å². The van der Waals surface area contributed by atoms with Crippen LogP contribution in [0, 0.1) is 0 Å². The number of sulfonamides is 1. The van der Waals surface area contributed by atoms with E-state index in [9.17, 15) is 8.42 Å². The van der Waals surface area contributed by atoms with Crippen molar-refractivity contribution in [2.24, 2.45) is 0 Å². The molecule has 1 aliphatic rings. The van der Waals surface area contributed by atoms with E-state index >= 15 is 0 Å². The zero-order chi connectivity index (χ0) is 13.0. The minimum absolute atomic E-state index is 0.422. The lowest BCUT2D eigenvalue weighted by Crippen LogP contribution is -2.44. The number of aromatic amines is 1. The molecule has 1 fully saturated rings. The van der Waals surface area contributed by atoms with Gasteiger partial charge in [0.25, 0.3) is 0 Å². The molecule has 6 nitrogen and oxygen atoms in total. The third kappa shape index (κ3) is 3.79. The van der Waals surface area contributed by atoms with Crippen LogP contribution in [-0.2, 0) is 16.4 Å². The first-order valence-electron chi connectivity index (χ1n) is 6.21. The molecule has 0 bridgehead atoms. The average Bonchev–Trinajstić information content (AvgIpc) is 2.82. The third-order valence-corrected chi connectivity index (χ3v) is 4.61. The smallest absolute Gasteiger partial charge is 0.211 e. The topological polar surface area (TPSA) is 78.1 Å². The molecule has 2 N–H and O–H groups in total. The first kappa shape index (κ1) is 13.5. The van der Waals surface area contributed by atoms with Gasteiger partial charge in [-0.3, -0.25) is 0 Å². The van der Waals surface area contributed by atoms with Gasteiger partial charge in [-0.1, -0.05) is 0 Å². The number of H-pyrrole nitrogens is 1. The summed E-state index contributed by atoms with van der Waals surface area (Å²) >= 11 is 0. The molecule has 2 rings (SSSR count). The van der Waals surface area contributed by atoms with Crippen LogP contribution >= 0.6 is 0 Å². The molecule has 0 aromatic carbocycles. The van der Waals surface area contributed by atoms with Crippen molar-refractivity contribution in [3.05, 3.63) is 18.2 Å². The van der Waals surface area contributed by atoms with E-state index in [-0.39, 0.29) is 0 Å².